The van der Waals surface area contributed by atoms with Crippen LogP contribution in [0.15, 0.2) is 48.5 Å². The molecular weight excluding hydrogens is 404 g/mol. The Morgan fingerprint density at radius 2 is 1.52 bits per heavy atom. The molecule has 1 saturated heterocycles. The van der Waals surface area contributed by atoms with Crippen molar-refractivity contribution in [2.45, 2.75) is 6.54 Å². The van der Waals surface area contributed by atoms with Crippen LogP contribution in [0.25, 0.3) is 0 Å². The Kier molecular flexibility index (Phi) is 8.83. The second kappa shape index (κ2) is 11.6. The van der Waals surface area contributed by atoms with E-state index in [0.717, 1.165) is 38.5 Å². The lowest BCUT2D eigenvalue weighted by molar-refractivity contribution is -0.159. The van der Waals surface area contributed by atoms with E-state index < -0.39 is 11.9 Å². The molecule has 166 valence electrons. The van der Waals surface area contributed by atoms with Crippen molar-refractivity contribution in [2.24, 2.45) is 0 Å². The van der Waals surface area contributed by atoms with E-state index in [0.29, 0.717) is 11.3 Å². The van der Waals surface area contributed by atoms with Crippen molar-refractivity contribution in [3.05, 3.63) is 59.7 Å². The number of carboxylic acids is 2. The molecule has 31 heavy (non-hydrogen) atoms. The highest BCUT2D eigenvalue weighted by Crippen LogP contribution is 2.21. The van der Waals surface area contributed by atoms with Crippen molar-refractivity contribution >= 4 is 17.8 Å². The van der Waals surface area contributed by atoms with Gasteiger partial charge in [-0.05, 0) is 24.3 Å². The number of hydrogen-bond donors (Lipinski definition) is 2. The Balaban J connectivity index is 0.000000501. The first-order valence-electron chi connectivity index (χ1n) is 9.59. The van der Waals surface area contributed by atoms with Crippen molar-refractivity contribution in [3.63, 3.8) is 0 Å². The van der Waals surface area contributed by atoms with Gasteiger partial charge in [0.1, 0.15) is 11.5 Å². The molecule has 2 N–H and O–H groups in total. The lowest BCUT2D eigenvalue weighted by Crippen LogP contribution is -2.48. The van der Waals surface area contributed by atoms with Crippen LogP contribution in [0.2, 0.25) is 0 Å². The minimum atomic E-state index is -1.82. The minimum Gasteiger partial charge on any atom is -0.497 e. The van der Waals surface area contributed by atoms with Crippen LogP contribution < -0.4 is 9.47 Å². The van der Waals surface area contributed by atoms with Gasteiger partial charge in [0, 0.05) is 43.9 Å². The van der Waals surface area contributed by atoms with E-state index in [1.165, 1.54) is 5.56 Å². The maximum Gasteiger partial charge on any atom is 0.414 e. The second-order valence-corrected chi connectivity index (χ2v) is 6.72. The third-order valence-corrected chi connectivity index (χ3v) is 4.75. The SMILES string of the molecule is COc1cccc(C(=O)N2CCN(Cc3ccccc3OC)CC2)c1.O=C(O)C(=O)O. The molecule has 0 aromatic heterocycles. The first-order valence-corrected chi connectivity index (χ1v) is 9.59. The van der Waals surface area contributed by atoms with Crippen LogP contribution in [0, 0.1) is 0 Å². The van der Waals surface area contributed by atoms with Gasteiger partial charge in [-0.2, -0.15) is 0 Å². The van der Waals surface area contributed by atoms with E-state index >= 15 is 0 Å². The number of nitrogens with zero attached hydrogens (tertiary/aromatic N) is 2. The fourth-order valence-electron chi connectivity index (χ4n) is 3.12. The molecule has 1 fully saturated rings. The number of rotatable bonds is 5. The highest BCUT2D eigenvalue weighted by atomic mass is 16.5. The summed E-state index contributed by atoms with van der Waals surface area (Å²) in [5.74, 6) is -1.96. The number of para-hydroxylation sites is 1. The quantitative estimate of drug-likeness (QED) is 0.690. The van der Waals surface area contributed by atoms with Crippen LogP contribution in [0.3, 0.4) is 0 Å². The fraction of sp³-hybridized carbons (Fsp3) is 0.318. The number of ether oxygens (including phenoxy) is 2. The fourth-order valence-corrected chi connectivity index (χ4v) is 3.12. The molecule has 2 aromatic carbocycles. The van der Waals surface area contributed by atoms with Crippen LogP contribution >= 0.6 is 0 Å². The van der Waals surface area contributed by atoms with Crippen molar-refractivity contribution in [2.75, 3.05) is 40.4 Å². The van der Waals surface area contributed by atoms with Crippen molar-refractivity contribution in [3.8, 4) is 11.5 Å². The zero-order valence-corrected chi connectivity index (χ0v) is 17.5. The molecule has 3 rings (SSSR count). The predicted molar refractivity (Wildman–Crippen MR) is 112 cm³/mol. The molecule has 0 saturated carbocycles. The summed E-state index contributed by atoms with van der Waals surface area (Å²) in [4.78, 5) is 35.1. The van der Waals surface area contributed by atoms with Gasteiger partial charge in [-0.3, -0.25) is 9.69 Å². The van der Waals surface area contributed by atoms with Crippen molar-refractivity contribution in [1.29, 1.82) is 0 Å². The molecule has 0 radical (unpaired) electrons. The third kappa shape index (κ3) is 7.00. The summed E-state index contributed by atoms with van der Waals surface area (Å²) in [5, 5.41) is 14.8. The molecule has 1 aliphatic heterocycles. The Bertz CT molecular complexity index is 896. The standard InChI is InChI=1S/C20H24N2O3.C2H2O4/c1-24-18-8-5-7-16(14-18)20(23)22-12-10-21(11-13-22)15-17-6-3-4-9-19(17)25-2;3-1(4)2(5)6/h3-9,14H,10-13,15H2,1-2H3;(H,3,4)(H,5,6). The predicted octanol–water partition coefficient (Wildman–Crippen LogP) is 1.82. The molecule has 2 aromatic rings. The molecule has 9 heteroatoms. The van der Waals surface area contributed by atoms with Gasteiger partial charge in [0.2, 0.25) is 0 Å². The molecular formula is C22H26N2O7. The van der Waals surface area contributed by atoms with Gasteiger partial charge < -0.3 is 24.6 Å². The molecule has 0 bridgehead atoms. The Morgan fingerprint density at radius 1 is 0.871 bits per heavy atom. The molecule has 0 spiro atoms. The zero-order valence-electron chi connectivity index (χ0n) is 17.5. The lowest BCUT2D eigenvalue weighted by Gasteiger charge is -2.35. The van der Waals surface area contributed by atoms with Crippen molar-refractivity contribution < 1.29 is 34.1 Å². The Morgan fingerprint density at radius 3 is 2.10 bits per heavy atom. The van der Waals surface area contributed by atoms with E-state index in [9.17, 15) is 4.79 Å². The number of carbonyl (C=O) groups is 3. The highest BCUT2D eigenvalue weighted by Gasteiger charge is 2.23. The average molecular weight is 430 g/mol. The van der Waals surface area contributed by atoms with Gasteiger partial charge in [-0.15, -0.1) is 0 Å². The third-order valence-electron chi connectivity index (χ3n) is 4.75. The normalized spacial score (nSPS) is 13.5. The maximum absolute atomic E-state index is 12.7. The summed E-state index contributed by atoms with van der Waals surface area (Å²) < 4.78 is 10.6. The Labute approximate surface area is 180 Å². The first kappa shape index (κ1) is 23.7. The molecule has 0 unspecified atom stereocenters. The van der Waals surface area contributed by atoms with Gasteiger partial charge >= 0.3 is 11.9 Å². The smallest absolute Gasteiger partial charge is 0.414 e. The number of benzene rings is 2. The van der Waals surface area contributed by atoms with E-state index in [-0.39, 0.29) is 5.91 Å². The molecule has 1 aliphatic rings. The summed E-state index contributed by atoms with van der Waals surface area (Å²) in [6.45, 7) is 4.00. The molecule has 0 aliphatic carbocycles. The average Bonchev–Trinajstić information content (AvgIpc) is 2.80. The molecule has 0 atom stereocenters. The molecule has 1 amide bonds. The molecule has 9 nitrogen and oxygen atoms in total. The number of piperazine rings is 1. The van der Waals surface area contributed by atoms with Crippen LogP contribution in [0.1, 0.15) is 15.9 Å². The van der Waals surface area contributed by atoms with Gasteiger partial charge in [-0.25, -0.2) is 9.59 Å². The van der Waals surface area contributed by atoms with Crippen LogP contribution in [-0.4, -0.2) is 78.3 Å². The largest absolute Gasteiger partial charge is 0.497 e. The number of aliphatic carboxylic acids is 2. The topological polar surface area (TPSA) is 117 Å². The summed E-state index contributed by atoms with van der Waals surface area (Å²) in [6, 6.07) is 15.4. The van der Waals surface area contributed by atoms with Crippen molar-refractivity contribution in [1.82, 2.24) is 9.80 Å². The number of carboxylic acid groups (broad SMARTS) is 2. The van der Waals surface area contributed by atoms with Crippen LogP contribution in [0.5, 0.6) is 11.5 Å². The maximum atomic E-state index is 12.7. The Hall–Kier alpha value is -3.59. The van der Waals surface area contributed by atoms with Crippen LogP contribution in [0.4, 0.5) is 0 Å². The number of hydrogen-bond acceptors (Lipinski definition) is 6. The number of amides is 1. The van der Waals surface area contributed by atoms with Gasteiger partial charge in [-0.1, -0.05) is 24.3 Å². The monoisotopic (exact) mass is 430 g/mol. The second-order valence-electron chi connectivity index (χ2n) is 6.72. The van der Waals surface area contributed by atoms with Gasteiger partial charge in [0.15, 0.2) is 0 Å². The zero-order chi connectivity index (χ0) is 22.8. The first-order chi connectivity index (χ1) is 14.8. The summed E-state index contributed by atoms with van der Waals surface area (Å²) in [6.07, 6.45) is 0. The van der Waals surface area contributed by atoms with E-state index in [2.05, 4.69) is 11.0 Å². The highest BCUT2D eigenvalue weighted by molar-refractivity contribution is 6.27. The van der Waals surface area contributed by atoms with Gasteiger partial charge in [0.25, 0.3) is 5.91 Å². The summed E-state index contributed by atoms with van der Waals surface area (Å²) in [7, 11) is 3.31. The summed E-state index contributed by atoms with van der Waals surface area (Å²) in [5.41, 5.74) is 1.86. The van der Waals surface area contributed by atoms with Gasteiger partial charge in [0.05, 0.1) is 14.2 Å². The van der Waals surface area contributed by atoms with E-state index in [1.54, 1.807) is 20.3 Å². The minimum absolute atomic E-state index is 0.0656. The van der Waals surface area contributed by atoms with E-state index in [4.69, 9.17) is 29.3 Å². The number of carbonyl (C=O) groups excluding carboxylic acids is 1. The van der Waals surface area contributed by atoms with E-state index in [1.807, 2.05) is 41.3 Å². The lowest BCUT2D eigenvalue weighted by atomic mass is 10.1. The van der Waals surface area contributed by atoms with Crippen LogP contribution in [-0.2, 0) is 16.1 Å². The summed E-state index contributed by atoms with van der Waals surface area (Å²) >= 11 is 0. The molecule has 1 heterocycles. The number of methoxy groups -OCH3 is 2.